The highest BCUT2D eigenvalue weighted by atomic mass is 16.5. The molecule has 1 aromatic heterocycles. The van der Waals surface area contributed by atoms with Gasteiger partial charge in [-0.25, -0.2) is 0 Å². The van der Waals surface area contributed by atoms with Crippen molar-refractivity contribution in [3.05, 3.63) is 30.1 Å². The molecule has 1 heterocycles. The molecule has 4 aliphatic carbocycles. The summed E-state index contributed by atoms with van der Waals surface area (Å²) in [5, 5.41) is 8.87. The first-order valence-corrected chi connectivity index (χ1v) is 10.9. The molecule has 0 unspecified atom stereocenters. The second-order valence-corrected chi connectivity index (χ2v) is 9.83. The summed E-state index contributed by atoms with van der Waals surface area (Å²) in [6.07, 6.45) is 16.4. The maximum atomic E-state index is 11.4. The topological polar surface area (TPSA) is 57.0 Å². The van der Waals surface area contributed by atoms with E-state index in [4.69, 9.17) is 4.74 Å². The number of hydrogen-bond donors (Lipinski definition) is 0. The third-order valence-electron chi connectivity index (χ3n) is 8.57. The summed E-state index contributed by atoms with van der Waals surface area (Å²) in [6.45, 7) is 6.45. The first-order chi connectivity index (χ1) is 13.4. The first-order valence-electron chi connectivity index (χ1n) is 10.9. The lowest BCUT2D eigenvalue weighted by molar-refractivity contribution is -0.148. The molecule has 0 amide bonds. The second kappa shape index (κ2) is 6.30. The number of carbonyl (C=O) groups is 1. The van der Waals surface area contributed by atoms with Gasteiger partial charge in [-0.2, -0.15) is 15.0 Å². The maximum absolute atomic E-state index is 11.4. The lowest BCUT2D eigenvalue weighted by atomic mass is 9.48. The second-order valence-electron chi connectivity index (χ2n) is 9.83. The van der Waals surface area contributed by atoms with Crippen molar-refractivity contribution in [3.63, 3.8) is 0 Å². The Balaban J connectivity index is 1.41. The van der Waals surface area contributed by atoms with Crippen LogP contribution in [-0.2, 0) is 9.53 Å². The molecule has 0 aliphatic heterocycles. The minimum atomic E-state index is -0.145. The van der Waals surface area contributed by atoms with Crippen LogP contribution in [0.5, 0.6) is 0 Å². The number of fused-ring (bicyclic) bond motifs is 5. The van der Waals surface area contributed by atoms with Crippen LogP contribution in [0.2, 0.25) is 0 Å². The quantitative estimate of drug-likeness (QED) is 0.554. The molecule has 5 heteroatoms. The van der Waals surface area contributed by atoms with Crippen LogP contribution in [0.4, 0.5) is 0 Å². The van der Waals surface area contributed by atoms with Crippen LogP contribution >= 0.6 is 0 Å². The molecule has 5 nitrogen and oxygen atoms in total. The van der Waals surface area contributed by atoms with Gasteiger partial charge in [0, 0.05) is 18.8 Å². The molecular formula is C23H31N3O2. The van der Waals surface area contributed by atoms with Crippen LogP contribution in [0, 0.1) is 28.6 Å². The van der Waals surface area contributed by atoms with Crippen molar-refractivity contribution >= 4 is 11.7 Å². The average Bonchev–Trinajstić information content (AvgIpc) is 3.28. The molecule has 150 valence electrons. The van der Waals surface area contributed by atoms with E-state index in [0.717, 1.165) is 43.9 Å². The first kappa shape index (κ1) is 18.1. The fraction of sp³-hybridized carbons (Fsp3) is 0.696. The number of rotatable bonds is 2. The standard InChI is InChI=1S/C23H31N3O2/c1-15(27)28-17-8-10-22(2)16(14-17)4-5-18-19-6-7-21(26-24-12-13-25-26)23(19,3)11-9-20(18)22/h4,7,12-13,17-20H,5-6,8-11,14H2,1-3H3/t17-,18-,19-,20-,22-,23-/m0/s1. The predicted octanol–water partition coefficient (Wildman–Crippen LogP) is 4.62. The zero-order valence-corrected chi connectivity index (χ0v) is 17.2. The van der Waals surface area contributed by atoms with E-state index >= 15 is 0 Å². The molecule has 5 rings (SSSR count). The van der Waals surface area contributed by atoms with Crippen molar-refractivity contribution in [2.45, 2.75) is 71.8 Å². The van der Waals surface area contributed by atoms with Gasteiger partial charge in [-0.05, 0) is 61.7 Å². The Morgan fingerprint density at radius 2 is 1.82 bits per heavy atom. The van der Waals surface area contributed by atoms with E-state index < -0.39 is 0 Å². The maximum Gasteiger partial charge on any atom is 0.302 e. The number of ether oxygens (including phenoxy) is 1. The molecule has 4 aliphatic rings. The fourth-order valence-corrected chi connectivity index (χ4v) is 7.16. The van der Waals surface area contributed by atoms with Gasteiger partial charge in [0.1, 0.15) is 6.10 Å². The summed E-state index contributed by atoms with van der Waals surface area (Å²) < 4.78 is 5.56. The molecule has 28 heavy (non-hydrogen) atoms. The van der Waals surface area contributed by atoms with E-state index in [0.29, 0.717) is 5.92 Å². The minimum absolute atomic E-state index is 0.0767. The van der Waals surface area contributed by atoms with Gasteiger partial charge in [0.2, 0.25) is 0 Å². The van der Waals surface area contributed by atoms with Crippen LogP contribution < -0.4 is 0 Å². The Morgan fingerprint density at radius 3 is 2.57 bits per heavy atom. The average molecular weight is 382 g/mol. The van der Waals surface area contributed by atoms with E-state index in [9.17, 15) is 4.79 Å². The number of nitrogens with zero attached hydrogens (tertiary/aromatic N) is 3. The van der Waals surface area contributed by atoms with E-state index in [1.165, 1.54) is 25.5 Å². The lowest BCUT2D eigenvalue weighted by Gasteiger charge is -2.57. The molecule has 1 aromatic rings. The summed E-state index contributed by atoms with van der Waals surface area (Å²) >= 11 is 0. The fourth-order valence-electron chi connectivity index (χ4n) is 7.16. The number of esters is 1. The van der Waals surface area contributed by atoms with Gasteiger partial charge in [0.05, 0.1) is 18.1 Å². The van der Waals surface area contributed by atoms with E-state index in [1.807, 2.05) is 4.80 Å². The third kappa shape index (κ3) is 2.54. The van der Waals surface area contributed by atoms with Crippen molar-refractivity contribution in [1.29, 1.82) is 0 Å². The molecule has 0 saturated heterocycles. The third-order valence-corrected chi connectivity index (χ3v) is 8.57. The van der Waals surface area contributed by atoms with Crippen molar-refractivity contribution in [2.24, 2.45) is 28.6 Å². The minimum Gasteiger partial charge on any atom is -0.462 e. The molecular weight excluding hydrogens is 350 g/mol. The van der Waals surface area contributed by atoms with Gasteiger partial charge in [-0.3, -0.25) is 4.79 Å². The van der Waals surface area contributed by atoms with E-state index in [1.54, 1.807) is 18.0 Å². The van der Waals surface area contributed by atoms with E-state index in [2.05, 4.69) is 36.2 Å². The van der Waals surface area contributed by atoms with Crippen LogP contribution in [0.3, 0.4) is 0 Å². The van der Waals surface area contributed by atoms with Crippen LogP contribution in [0.1, 0.15) is 65.7 Å². The molecule has 0 N–H and O–H groups in total. The Hall–Kier alpha value is -1.91. The summed E-state index contributed by atoms with van der Waals surface area (Å²) in [7, 11) is 0. The molecule has 0 bridgehead atoms. The molecule has 2 saturated carbocycles. The number of aromatic nitrogens is 3. The number of allylic oxidation sites excluding steroid dienone is 3. The summed E-state index contributed by atoms with van der Waals surface area (Å²) in [6, 6.07) is 0. The van der Waals surface area contributed by atoms with Crippen molar-refractivity contribution in [2.75, 3.05) is 0 Å². The Kier molecular flexibility index (Phi) is 4.08. The Bertz CT molecular complexity index is 842. The van der Waals surface area contributed by atoms with Crippen LogP contribution in [0.25, 0.3) is 5.70 Å². The van der Waals surface area contributed by atoms with Crippen molar-refractivity contribution in [1.82, 2.24) is 15.0 Å². The molecule has 0 radical (unpaired) electrons. The monoisotopic (exact) mass is 381 g/mol. The lowest BCUT2D eigenvalue weighted by Crippen LogP contribution is -2.50. The Labute approximate surface area is 167 Å². The zero-order chi connectivity index (χ0) is 19.5. The highest BCUT2D eigenvalue weighted by Gasteiger charge is 2.57. The van der Waals surface area contributed by atoms with Gasteiger partial charge in [0.25, 0.3) is 0 Å². The summed E-state index contributed by atoms with van der Waals surface area (Å²) in [5.41, 5.74) is 3.30. The number of carbonyl (C=O) groups excluding carboxylic acids is 1. The van der Waals surface area contributed by atoms with Crippen molar-refractivity contribution < 1.29 is 9.53 Å². The van der Waals surface area contributed by atoms with Gasteiger partial charge < -0.3 is 4.74 Å². The zero-order valence-electron chi connectivity index (χ0n) is 17.2. The highest BCUT2D eigenvalue weighted by molar-refractivity contribution is 5.66. The van der Waals surface area contributed by atoms with Crippen LogP contribution in [0.15, 0.2) is 30.1 Å². The Morgan fingerprint density at radius 1 is 1.07 bits per heavy atom. The van der Waals surface area contributed by atoms with Gasteiger partial charge in [-0.15, -0.1) is 0 Å². The smallest absolute Gasteiger partial charge is 0.302 e. The largest absolute Gasteiger partial charge is 0.462 e. The normalized spacial score (nSPS) is 42.0. The molecule has 0 spiro atoms. The highest BCUT2D eigenvalue weighted by Crippen LogP contribution is 2.65. The van der Waals surface area contributed by atoms with Gasteiger partial charge in [-0.1, -0.05) is 31.6 Å². The molecule has 0 aromatic carbocycles. The summed E-state index contributed by atoms with van der Waals surface area (Å²) in [5.74, 6) is 1.99. The van der Waals surface area contributed by atoms with E-state index in [-0.39, 0.29) is 22.9 Å². The SMILES string of the molecule is CC(=O)O[C@H]1CC[C@@]2(C)C(=CC[C@@H]3[C@@H]2CC[C@]2(C)C(n4nccn4)=CC[C@@H]32)C1. The van der Waals surface area contributed by atoms with Crippen molar-refractivity contribution in [3.8, 4) is 0 Å². The predicted molar refractivity (Wildman–Crippen MR) is 107 cm³/mol. The molecule has 6 atom stereocenters. The number of hydrogen-bond acceptors (Lipinski definition) is 4. The van der Waals surface area contributed by atoms with Gasteiger partial charge >= 0.3 is 5.97 Å². The van der Waals surface area contributed by atoms with Crippen LogP contribution in [-0.4, -0.2) is 27.1 Å². The molecule has 2 fully saturated rings. The van der Waals surface area contributed by atoms with Gasteiger partial charge in [0.15, 0.2) is 0 Å². The summed E-state index contributed by atoms with van der Waals surface area (Å²) in [4.78, 5) is 13.3.